The summed E-state index contributed by atoms with van der Waals surface area (Å²) in [5.74, 6) is 2.37. The van der Waals surface area contributed by atoms with Gasteiger partial charge >= 0.3 is 5.97 Å². The highest BCUT2D eigenvalue weighted by atomic mass is 16.6. The monoisotopic (exact) mass is 398 g/mol. The van der Waals surface area contributed by atoms with E-state index in [0.29, 0.717) is 48.7 Å². The fourth-order valence-electron chi connectivity index (χ4n) is 4.88. The molecule has 4 rings (SSSR count). The van der Waals surface area contributed by atoms with Crippen LogP contribution < -0.4 is 14.4 Å². The van der Waals surface area contributed by atoms with Gasteiger partial charge in [-0.25, -0.2) is 0 Å². The minimum Gasteiger partial charge on any atom is -0.486 e. The predicted octanol–water partition coefficient (Wildman–Crippen LogP) is 3.07. The van der Waals surface area contributed by atoms with Crippen LogP contribution >= 0.6 is 0 Å². The summed E-state index contributed by atoms with van der Waals surface area (Å²) in [5.41, 5.74) is 0.596. The zero-order valence-corrected chi connectivity index (χ0v) is 16.5. The van der Waals surface area contributed by atoms with Gasteiger partial charge in [-0.3, -0.25) is 9.59 Å². The maximum absolute atomic E-state index is 12.8. The molecule has 3 aliphatic rings. The van der Waals surface area contributed by atoms with E-state index in [1.807, 2.05) is 0 Å². The van der Waals surface area contributed by atoms with E-state index < -0.39 is 0 Å². The molecule has 0 unspecified atom stereocenters. The lowest BCUT2D eigenvalue weighted by atomic mass is 9.86. The lowest BCUT2D eigenvalue weighted by Gasteiger charge is -2.25. The molecular weight excluding hydrogens is 372 g/mol. The Balaban J connectivity index is 1.35. The number of esters is 1. The van der Waals surface area contributed by atoms with Crippen molar-refractivity contribution in [3.63, 3.8) is 0 Å². The van der Waals surface area contributed by atoms with Gasteiger partial charge in [-0.2, -0.15) is 5.26 Å². The summed E-state index contributed by atoms with van der Waals surface area (Å²) < 4.78 is 16.4. The highest BCUT2D eigenvalue weighted by Crippen LogP contribution is 2.49. The van der Waals surface area contributed by atoms with Crippen molar-refractivity contribution in [1.29, 1.82) is 5.26 Å². The Morgan fingerprint density at radius 1 is 1.17 bits per heavy atom. The van der Waals surface area contributed by atoms with Gasteiger partial charge in [0.15, 0.2) is 18.1 Å². The van der Waals surface area contributed by atoms with Crippen molar-refractivity contribution in [3.05, 3.63) is 18.2 Å². The molecule has 0 aromatic heterocycles. The van der Waals surface area contributed by atoms with Gasteiger partial charge in [-0.15, -0.1) is 0 Å². The number of benzene rings is 1. The zero-order valence-electron chi connectivity index (χ0n) is 16.5. The molecule has 2 aliphatic carbocycles. The molecule has 2 fully saturated rings. The molecule has 2 saturated carbocycles. The predicted molar refractivity (Wildman–Crippen MR) is 105 cm³/mol. The van der Waals surface area contributed by atoms with E-state index in [4.69, 9.17) is 19.5 Å². The molecule has 3 atom stereocenters. The Kier molecular flexibility index (Phi) is 5.89. The van der Waals surface area contributed by atoms with Crippen molar-refractivity contribution in [2.75, 3.05) is 31.3 Å². The molecule has 0 spiro atoms. The summed E-state index contributed by atoms with van der Waals surface area (Å²) in [4.78, 5) is 26.5. The number of carbonyl (C=O) groups excluding carboxylic acids is 2. The van der Waals surface area contributed by atoms with Gasteiger partial charge in [0.1, 0.15) is 13.2 Å². The van der Waals surface area contributed by atoms with Crippen LogP contribution in [-0.4, -0.2) is 38.2 Å². The minimum absolute atomic E-state index is 0.180. The molecule has 29 heavy (non-hydrogen) atoms. The van der Waals surface area contributed by atoms with Crippen LogP contribution in [0.5, 0.6) is 11.5 Å². The van der Waals surface area contributed by atoms with E-state index in [1.54, 1.807) is 18.2 Å². The van der Waals surface area contributed by atoms with Crippen molar-refractivity contribution < 1.29 is 23.8 Å². The van der Waals surface area contributed by atoms with Crippen LogP contribution in [0.1, 0.15) is 38.5 Å². The first kappa shape index (κ1) is 19.6. The fraction of sp³-hybridized carbons (Fsp3) is 0.591. The molecule has 1 aromatic carbocycles. The average molecular weight is 398 g/mol. The average Bonchev–Trinajstić information content (AvgIpc) is 3.35. The number of ether oxygens (including phenoxy) is 3. The van der Waals surface area contributed by atoms with Gasteiger partial charge in [-0.05, 0) is 49.1 Å². The van der Waals surface area contributed by atoms with Crippen LogP contribution in [0.4, 0.5) is 5.69 Å². The SMILES string of the molecule is N#CCCN(C(=O)COC(=O)C[C@@H]1C[C@@H]2CC[C@@H]1C2)c1ccc2c(c1)OCCO2. The summed E-state index contributed by atoms with van der Waals surface area (Å²) in [7, 11) is 0. The number of nitrogens with zero attached hydrogens (tertiary/aromatic N) is 2. The second-order valence-corrected chi connectivity index (χ2v) is 8.08. The fourth-order valence-corrected chi connectivity index (χ4v) is 4.88. The van der Waals surface area contributed by atoms with E-state index in [2.05, 4.69) is 6.07 Å². The summed E-state index contributed by atoms with van der Waals surface area (Å²) in [6.07, 6.45) is 5.43. The van der Waals surface area contributed by atoms with Crippen LogP contribution in [0.15, 0.2) is 18.2 Å². The third kappa shape index (κ3) is 4.47. The molecule has 1 amide bonds. The molecule has 0 N–H and O–H groups in total. The molecular formula is C22H26N2O5. The Hall–Kier alpha value is -2.75. The van der Waals surface area contributed by atoms with Gasteiger partial charge in [-0.1, -0.05) is 6.42 Å². The van der Waals surface area contributed by atoms with Crippen LogP contribution in [0.3, 0.4) is 0 Å². The summed E-state index contributed by atoms with van der Waals surface area (Å²) >= 11 is 0. The Labute approximate surface area is 170 Å². The number of rotatable bonds is 7. The van der Waals surface area contributed by atoms with Gasteiger partial charge in [0.2, 0.25) is 0 Å². The van der Waals surface area contributed by atoms with Gasteiger partial charge in [0, 0.05) is 24.7 Å². The molecule has 7 nitrogen and oxygen atoms in total. The lowest BCUT2D eigenvalue weighted by molar-refractivity contribution is -0.149. The smallest absolute Gasteiger partial charge is 0.306 e. The number of anilines is 1. The zero-order chi connectivity index (χ0) is 20.2. The Morgan fingerprint density at radius 3 is 2.72 bits per heavy atom. The number of amides is 1. The van der Waals surface area contributed by atoms with Crippen molar-refractivity contribution >= 4 is 17.6 Å². The normalized spacial score (nSPS) is 24.0. The number of hydrogen-bond donors (Lipinski definition) is 0. The molecule has 1 heterocycles. The maximum atomic E-state index is 12.8. The van der Waals surface area contributed by atoms with Gasteiger partial charge < -0.3 is 19.1 Å². The lowest BCUT2D eigenvalue weighted by Crippen LogP contribution is -2.35. The molecule has 7 heteroatoms. The second-order valence-electron chi connectivity index (χ2n) is 8.08. The van der Waals surface area contributed by atoms with Crippen molar-refractivity contribution in [2.24, 2.45) is 17.8 Å². The van der Waals surface area contributed by atoms with Crippen molar-refractivity contribution in [2.45, 2.75) is 38.5 Å². The number of fused-ring (bicyclic) bond motifs is 3. The van der Waals surface area contributed by atoms with Crippen LogP contribution in [-0.2, 0) is 14.3 Å². The van der Waals surface area contributed by atoms with Crippen molar-refractivity contribution in [3.8, 4) is 17.6 Å². The van der Waals surface area contributed by atoms with Crippen LogP contribution in [0, 0.1) is 29.1 Å². The van der Waals surface area contributed by atoms with Gasteiger partial charge in [0.05, 0.1) is 12.5 Å². The third-order valence-electron chi connectivity index (χ3n) is 6.26. The van der Waals surface area contributed by atoms with Crippen LogP contribution in [0.2, 0.25) is 0 Å². The first-order valence-electron chi connectivity index (χ1n) is 10.4. The molecule has 0 saturated heterocycles. The molecule has 1 aliphatic heterocycles. The molecule has 2 bridgehead atoms. The molecule has 1 aromatic rings. The largest absolute Gasteiger partial charge is 0.486 e. The summed E-state index contributed by atoms with van der Waals surface area (Å²) in [5, 5.41) is 8.95. The minimum atomic E-state index is -0.349. The Bertz CT molecular complexity index is 818. The summed E-state index contributed by atoms with van der Waals surface area (Å²) in [6.45, 7) is 0.837. The quantitative estimate of drug-likeness (QED) is 0.656. The molecule has 0 radical (unpaired) electrons. The summed E-state index contributed by atoms with van der Waals surface area (Å²) in [6, 6.07) is 7.28. The second kappa shape index (κ2) is 8.73. The topological polar surface area (TPSA) is 88.9 Å². The molecule has 154 valence electrons. The first-order chi connectivity index (χ1) is 14.1. The van der Waals surface area contributed by atoms with E-state index in [-0.39, 0.29) is 31.4 Å². The number of carbonyl (C=O) groups is 2. The van der Waals surface area contributed by atoms with E-state index in [0.717, 1.165) is 12.3 Å². The van der Waals surface area contributed by atoms with E-state index in [1.165, 1.54) is 24.2 Å². The highest BCUT2D eigenvalue weighted by molar-refractivity contribution is 5.95. The van der Waals surface area contributed by atoms with E-state index >= 15 is 0 Å². The number of hydrogen-bond acceptors (Lipinski definition) is 6. The Morgan fingerprint density at radius 2 is 2.00 bits per heavy atom. The van der Waals surface area contributed by atoms with Crippen molar-refractivity contribution in [1.82, 2.24) is 0 Å². The standard InChI is InChI=1S/C22H26N2O5/c23-6-1-7-24(18-4-5-19-20(13-18)28-9-8-27-19)21(25)14-29-22(26)12-17-11-15-2-3-16(17)10-15/h4-5,13,15-17H,1-3,7-12,14H2/t15-,16-,17+/m1/s1. The van der Waals surface area contributed by atoms with Gasteiger partial charge in [0.25, 0.3) is 5.91 Å². The number of nitriles is 1. The van der Waals surface area contributed by atoms with E-state index in [9.17, 15) is 9.59 Å². The first-order valence-corrected chi connectivity index (χ1v) is 10.4. The highest BCUT2D eigenvalue weighted by Gasteiger charge is 2.40. The third-order valence-corrected chi connectivity index (χ3v) is 6.26. The van der Waals surface area contributed by atoms with Crippen LogP contribution in [0.25, 0.3) is 0 Å². The maximum Gasteiger partial charge on any atom is 0.306 e.